The Labute approximate surface area is 91.8 Å². The van der Waals surface area contributed by atoms with E-state index in [0.717, 1.165) is 16.0 Å². The first kappa shape index (κ1) is 9.93. The van der Waals surface area contributed by atoms with Crippen LogP contribution in [-0.2, 0) is 0 Å². The molecule has 0 saturated heterocycles. The first-order valence-corrected chi connectivity index (χ1v) is 5.43. The minimum Gasteiger partial charge on any atom is -0.545 e. The van der Waals surface area contributed by atoms with Crippen molar-refractivity contribution in [1.29, 1.82) is 0 Å². The molecule has 76 valence electrons. The van der Waals surface area contributed by atoms with Crippen LogP contribution in [-0.4, -0.2) is 5.97 Å². The Morgan fingerprint density at radius 1 is 1.27 bits per heavy atom. The van der Waals surface area contributed by atoms with Gasteiger partial charge < -0.3 is 9.90 Å². The molecule has 0 saturated carbocycles. The van der Waals surface area contributed by atoms with Gasteiger partial charge in [-0.15, -0.1) is 11.3 Å². The van der Waals surface area contributed by atoms with Crippen LogP contribution < -0.4 is 5.11 Å². The smallest absolute Gasteiger partial charge is 0.0730 e. The number of hydrogen-bond acceptors (Lipinski definition) is 3. The number of hydrogen-bond donors (Lipinski definition) is 0. The predicted molar refractivity (Wildman–Crippen MR) is 58.8 cm³/mol. The Kier molecular flexibility index (Phi) is 2.56. The van der Waals surface area contributed by atoms with E-state index in [2.05, 4.69) is 0 Å². The third-order valence-electron chi connectivity index (χ3n) is 2.26. The largest absolute Gasteiger partial charge is 0.545 e. The average molecular weight is 217 g/mol. The van der Waals surface area contributed by atoms with E-state index in [1.54, 1.807) is 5.38 Å². The van der Waals surface area contributed by atoms with Crippen molar-refractivity contribution in [3.8, 4) is 11.1 Å². The number of benzene rings is 1. The summed E-state index contributed by atoms with van der Waals surface area (Å²) < 4.78 is 0. The Morgan fingerprint density at radius 2 is 1.93 bits per heavy atom. The van der Waals surface area contributed by atoms with Gasteiger partial charge >= 0.3 is 0 Å². The summed E-state index contributed by atoms with van der Waals surface area (Å²) in [4.78, 5) is 11.9. The highest BCUT2D eigenvalue weighted by molar-refractivity contribution is 7.10. The second-order valence-corrected chi connectivity index (χ2v) is 4.32. The van der Waals surface area contributed by atoms with Crippen LogP contribution in [0.5, 0.6) is 0 Å². The van der Waals surface area contributed by atoms with Crippen LogP contribution in [0, 0.1) is 6.92 Å². The van der Waals surface area contributed by atoms with Crippen LogP contribution in [0.3, 0.4) is 0 Å². The summed E-state index contributed by atoms with van der Waals surface area (Å²) in [6.07, 6.45) is 0. The van der Waals surface area contributed by atoms with Crippen LogP contribution in [0.1, 0.15) is 15.2 Å². The number of aryl methyl sites for hydroxylation is 1. The van der Waals surface area contributed by atoms with E-state index in [9.17, 15) is 9.90 Å². The molecular formula is C12H9O2S-. The molecule has 0 unspecified atom stereocenters. The summed E-state index contributed by atoms with van der Waals surface area (Å²) in [5, 5.41) is 12.5. The van der Waals surface area contributed by atoms with Gasteiger partial charge in [0.25, 0.3) is 0 Å². The molecule has 2 nitrogen and oxygen atoms in total. The number of carboxylic acid groups (broad SMARTS) is 1. The van der Waals surface area contributed by atoms with Crippen LogP contribution in [0.25, 0.3) is 11.1 Å². The van der Waals surface area contributed by atoms with E-state index in [1.807, 2.05) is 37.3 Å². The van der Waals surface area contributed by atoms with Crippen molar-refractivity contribution < 1.29 is 9.90 Å². The first-order valence-electron chi connectivity index (χ1n) is 4.55. The third-order valence-corrected chi connectivity index (χ3v) is 3.17. The quantitative estimate of drug-likeness (QED) is 0.772. The zero-order chi connectivity index (χ0) is 10.8. The van der Waals surface area contributed by atoms with Crippen molar-refractivity contribution in [1.82, 2.24) is 0 Å². The fraction of sp³-hybridized carbons (Fsp3) is 0.0833. The molecule has 1 aromatic heterocycles. The third kappa shape index (κ3) is 1.78. The fourth-order valence-corrected chi connectivity index (χ4v) is 2.42. The Balaban J connectivity index is 2.62. The molecule has 1 heterocycles. The normalized spacial score (nSPS) is 10.2. The zero-order valence-electron chi connectivity index (χ0n) is 8.19. The Bertz CT molecular complexity index is 486. The lowest BCUT2D eigenvalue weighted by Gasteiger charge is -2.06. The monoisotopic (exact) mass is 217 g/mol. The highest BCUT2D eigenvalue weighted by Gasteiger charge is 2.10. The van der Waals surface area contributed by atoms with Gasteiger partial charge in [-0.05, 0) is 12.5 Å². The molecule has 15 heavy (non-hydrogen) atoms. The zero-order valence-corrected chi connectivity index (χ0v) is 9.01. The van der Waals surface area contributed by atoms with Gasteiger partial charge in [0.15, 0.2) is 0 Å². The summed E-state index contributed by atoms with van der Waals surface area (Å²) in [5.41, 5.74) is 1.99. The maximum Gasteiger partial charge on any atom is 0.0730 e. The fourth-order valence-electron chi connectivity index (χ4n) is 1.57. The van der Waals surface area contributed by atoms with E-state index in [0.29, 0.717) is 0 Å². The summed E-state index contributed by atoms with van der Waals surface area (Å²) in [5.74, 6) is -1.11. The molecule has 0 amide bonds. The average Bonchev–Trinajstić information content (AvgIpc) is 2.61. The van der Waals surface area contributed by atoms with Gasteiger partial charge in [0.1, 0.15) is 0 Å². The van der Waals surface area contributed by atoms with Crippen LogP contribution >= 0.6 is 11.3 Å². The molecule has 0 aliphatic carbocycles. The van der Waals surface area contributed by atoms with Crippen molar-refractivity contribution in [2.75, 3.05) is 0 Å². The van der Waals surface area contributed by atoms with E-state index in [4.69, 9.17) is 0 Å². The lowest BCUT2D eigenvalue weighted by molar-refractivity contribution is -0.254. The molecule has 0 fully saturated rings. The second kappa shape index (κ2) is 3.87. The highest BCUT2D eigenvalue weighted by atomic mass is 32.1. The molecule has 0 N–H and O–H groups in total. The minimum atomic E-state index is -1.11. The topological polar surface area (TPSA) is 40.1 Å². The van der Waals surface area contributed by atoms with Gasteiger partial charge in [0, 0.05) is 21.4 Å². The standard InChI is InChI=1S/C12H10O2S/c1-8-11(9-5-3-2-4-6-9)10(7-15-8)12(13)14/h2-7H,1H3,(H,13,14)/p-1. The SMILES string of the molecule is Cc1scc(C(=O)[O-])c1-c1ccccc1. The van der Waals surface area contributed by atoms with Crippen molar-refractivity contribution >= 4 is 17.3 Å². The molecular weight excluding hydrogens is 208 g/mol. The van der Waals surface area contributed by atoms with E-state index in [1.165, 1.54) is 11.3 Å². The maximum absolute atomic E-state index is 10.9. The first-order chi connectivity index (χ1) is 7.20. The Hall–Kier alpha value is -1.61. The number of thiophene rings is 1. The number of aromatic carboxylic acids is 1. The molecule has 0 spiro atoms. The van der Waals surface area contributed by atoms with Gasteiger partial charge in [-0.1, -0.05) is 30.3 Å². The molecule has 2 aromatic rings. The van der Waals surface area contributed by atoms with E-state index < -0.39 is 5.97 Å². The molecule has 0 aliphatic heterocycles. The van der Waals surface area contributed by atoms with Crippen LogP contribution in [0.4, 0.5) is 0 Å². The Morgan fingerprint density at radius 3 is 2.53 bits per heavy atom. The molecule has 1 aromatic carbocycles. The molecule has 0 bridgehead atoms. The molecule has 3 heteroatoms. The number of rotatable bonds is 2. The molecule has 0 aliphatic rings. The highest BCUT2D eigenvalue weighted by Crippen LogP contribution is 2.31. The van der Waals surface area contributed by atoms with Crippen molar-refractivity contribution in [3.63, 3.8) is 0 Å². The number of carboxylic acids is 1. The van der Waals surface area contributed by atoms with Crippen LogP contribution in [0.15, 0.2) is 35.7 Å². The summed E-state index contributed by atoms with van der Waals surface area (Å²) in [7, 11) is 0. The summed E-state index contributed by atoms with van der Waals surface area (Å²) in [6.45, 7) is 1.92. The lowest BCUT2D eigenvalue weighted by Crippen LogP contribution is -2.22. The van der Waals surface area contributed by atoms with Gasteiger partial charge in [-0.2, -0.15) is 0 Å². The van der Waals surface area contributed by atoms with Gasteiger partial charge in [0.2, 0.25) is 0 Å². The molecule has 2 rings (SSSR count). The molecule has 0 atom stereocenters. The van der Waals surface area contributed by atoms with Gasteiger partial charge in [-0.3, -0.25) is 0 Å². The minimum absolute atomic E-state index is 0.281. The van der Waals surface area contributed by atoms with Crippen molar-refractivity contribution in [2.24, 2.45) is 0 Å². The number of carbonyl (C=O) groups is 1. The van der Waals surface area contributed by atoms with E-state index in [-0.39, 0.29) is 5.56 Å². The lowest BCUT2D eigenvalue weighted by atomic mass is 10.0. The van der Waals surface area contributed by atoms with Gasteiger partial charge in [-0.25, -0.2) is 0 Å². The van der Waals surface area contributed by atoms with E-state index >= 15 is 0 Å². The van der Waals surface area contributed by atoms with Gasteiger partial charge in [0.05, 0.1) is 5.97 Å². The summed E-state index contributed by atoms with van der Waals surface area (Å²) >= 11 is 1.43. The maximum atomic E-state index is 10.9. The van der Waals surface area contributed by atoms with Crippen molar-refractivity contribution in [3.05, 3.63) is 46.2 Å². The van der Waals surface area contributed by atoms with Crippen LogP contribution in [0.2, 0.25) is 0 Å². The molecule has 0 radical (unpaired) electrons. The van der Waals surface area contributed by atoms with Crippen molar-refractivity contribution in [2.45, 2.75) is 6.92 Å². The predicted octanol–water partition coefficient (Wildman–Crippen LogP) is 2.09. The second-order valence-electron chi connectivity index (χ2n) is 3.23. The summed E-state index contributed by atoms with van der Waals surface area (Å²) in [6, 6.07) is 9.50. The number of carbonyl (C=O) groups excluding carboxylic acids is 1.